The highest BCUT2D eigenvalue weighted by atomic mass is 16.5. The van der Waals surface area contributed by atoms with E-state index >= 15 is 0 Å². The number of rotatable bonds is 6. The highest BCUT2D eigenvalue weighted by molar-refractivity contribution is 6.07. The zero-order chi connectivity index (χ0) is 23.5. The molecule has 2 heterocycles. The molecule has 9 nitrogen and oxygen atoms in total. The lowest BCUT2D eigenvalue weighted by Gasteiger charge is -2.32. The Morgan fingerprint density at radius 1 is 0.970 bits per heavy atom. The van der Waals surface area contributed by atoms with Crippen LogP contribution in [0.2, 0.25) is 0 Å². The average Bonchev–Trinajstić information content (AvgIpc) is 3.25. The van der Waals surface area contributed by atoms with E-state index in [1.807, 2.05) is 0 Å². The Bertz CT molecular complexity index is 1170. The van der Waals surface area contributed by atoms with E-state index in [0.717, 1.165) is 5.69 Å². The first-order valence-corrected chi connectivity index (χ1v) is 10.5. The monoisotopic (exact) mass is 450 g/mol. The number of ether oxygens (including phenoxy) is 3. The first kappa shape index (κ1) is 22.2. The van der Waals surface area contributed by atoms with Crippen molar-refractivity contribution < 1.29 is 23.8 Å². The van der Waals surface area contributed by atoms with E-state index in [0.29, 0.717) is 47.0 Å². The van der Waals surface area contributed by atoms with Crippen molar-refractivity contribution >= 4 is 17.5 Å². The van der Waals surface area contributed by atoms with Crippen molar-refractivity contribution in [2.75, 3.05) is 32.8 Å². The van der Waals surface area contributed by atoms with Gasteiger partial charge >= 0.3 is 0 Å². The van der Waals surface area contributed by atoms with Crippen molar-refractivity contribution in [2.24, 2.45) is 7.05 Å². The molecule has 0 saturated carbocycles. The lowest BCUT2D eigenvalue weighted by molar-refractivity contribution is 0.0931. The molecular formula is C24H26N4O5. The van der Waals surface area contributed by atoms with E-state index in [-0.39, 0.29) is 17.9 Å². The molecule has 4 rings (SSSR count). The maximum atomic E-state index is 13.3. The van der Waals surface area contributed by atoms with Gasteiger partial charge in [-0.05, 0) is 48.9 Å². The molecule has 0 radical (unpaired) electrons. The number of amides is 2. The molecule has 0 fully saturated rings. The molecule has 1 atom stereocenters. The molecule has 3 aromatic rings. The summed E-state index contributed by atoms with van der Waals surface area (Å²) >= 11 is 0. The Labute approximate surface area is 191 Å². The molecular weight excluding hydrogens is 424 g/mol. The van der Waals surface area contributed by atoms with Crippen LogP contribution in [-0.4, -0.2) is 49.5 Å². The zero-order valence-electron chi connectivity index (χ0n) is 19.0. The van der Waals surface area contributed by atoms with Crippen LogP contribution >= 0.6 is 0 Å². The molecule has 33 heavy (non-hydrogen) atoms. The Balaban J connectivity index is 1.57. The number of nitrogens with zero attached hydrogens (tertiary/aromatic N) is 3. The van der Waals surface area contributed by atoms with Crippen LogP contribution in [0.1, 0.15) is 38.9 Å². The number of anilines is 1. The fraction of sp³-hybridized carbons (Fsp3) is 0.292. The summed E-state index contributed by atoms with van der Waals surface area (Å²) in [6.45, 7) is 0.430. The maximum absolute atomic E-state index is 13.3. The van der Waals surface area contributed by atoms with Gasteiger partial charge in [-0.3, -0.25) is 14.3 Å². The van der Waals surface area contributed by atoms with Gasteiger partial charge in [0.2, 0.25) is 0 Å². The van der Waals surface area contributed by atoms with E-state index in [1.165, 1.54) is 7.11 Å². The largest absolute Gasteiger partial charge is 0.497 e. The fourth-order valence-electron chi connectivity index (χ4n) is 4.02. The Hall–Kier alpha value is -4.01. The summed E-state index contributed by atoms with van der Waals surface area (Å²) < 4.78 is 17.5. The third-order valence-corrected chi connectivity index (χ3v) is 5.76. The normalized spacial score (nSPS) is 14.9. The molecule has 0 spiro atoms. The van der Waals surface area contributed by atoms with Crippen molar-refractivity contribution in [3.8, 4) is 17.2 Å². The fourth-order valence-corrected chi connectivity index (χ4v) is 4.02. The Morgan fingerprint density at radius 2 is 1.67 bits per heavy atom. The molecule has 1 N–H and O–H groups in total. The SMILES string of the molecule is COc1ccc(C(=O)NC2CCN(C(=O)c3ccc(OC)c(OC)c3)c3cnn(C)c32)cc1. The quantitative estimate of drug-likeness (QED) is 0.621. The van der Waals surface area contributed by atoms with Crippen LogP contribution in [-0.2, 0) is 7.05 Å². The summed E-state index contributed by atoms with van der Waals surface area (Å²) in [4.78, 5) is 27.9. The van der Waals surface area contributed by atoms with Gasteiger partial charge in [0.1, 0.15) is 5.75 Å². The first-order valence-electron chi connectivity index (χ1n) is 10.5. The van der Waals surface area contributed by atoms with Crippen molar-refractivity contribution in [3.63, 3.8) is 0 Å². The second-order valence-electron chi connectivity index (χ2n) is 7.61. The number of benzene rings is 2. The summed E-state index contributed by atoms with van der Waals surface area (Å²) in [6.07, 6.45) is 2.20. The van der Waals surface area contributed by atoms with Gasteiger partial charge in [-0.1, -0.05) is 0 Å². The molecule has 0 aliphatic carbocycles. The van der Waals surface area contributed by atoms with Gasteiger partial charge in [-0.25, -0.2) is 0 Å². The van der Waals surface area contributed by atoms with Crippen molar-refractivity contribution in [2.45, 2.75) is 12.5 Å². The van der Waals surface area contributed by atoms with Crippen LogP contribution in [0.25, 0.3) is 0 Å². The van der Waals surface area contributed by atoms with E-state index in [1.54, 1.807) is 79.5 Å². The molecule has 1 aliphatic rings. The lowest BCUT2D eigenvalue weighted by atomic mass is 10.0. The minimum atomic E-state index is -0.281. The maximum Gasteiger partial charge on any atom is 0.258 e. The average molecular weight is 450 g/mol. The predicted octanol–water partition coefficient (Wildman–Crippen LogP) is 2.97. The van der Waals surface area contributed by atoms with Crippen LogP contribution in [0, 0.1) is 0 Å². The van der Waals surface area contributed by atoms with Crippen molar-refractivity contribution in [3.05, 3.63) is 65.5 Å². The second kappa shape index (κ2) is 9.23. The summed E-state index contributed by atoms with van der Waals surface area (Å²) in [6, 6.07) is 11.7. The number of fused-ring (bicyclic) bond motifs is 1. The van der Waals surface area contributed by atoms with E-state index in [4.69, 9.17) is 14.2 Å². The van der Waals surface area contributed by atoms with Crippen molar-refractivity contribution in [1.29, 1.82) is 0 Å². The third-order valence-electron chi connectivity index (χ3n) is 5.76. The number of aromatic nitrogens is 2. The minimum Gasteiger partial charge on any atom is -0.497 e. The number of methoxy groups -OCH3 is 3. The molecule has 1 unspecified atom stereocenters. The number of hydrogen-bond acceptors (Lipinski definition) is 6. The highest BCUT2D eigenvalue weighted by Gasteiger charge is 2.33. The van der Waals surface area contributed by atoms with Gasteiger partial charge in [-0.2, -0.15) is 5.10 Å². The number of carbonyl (C=O) groups is 2. The molecule has 1 aliphatic heterocycles. The van der Waals surface area contributed by atoms with Gasteiger partial charge in [0.25, 0.3) is 11.8 Å². The Kier molecular flexibility index (Phi) is 6.21. The smallest absolute Gasteiger partial charge is 0.258 e. The lowest BCUT2D eigenvalue weighted by Crippen LogP contribution is -2.41. The summed E-state index contributed by atoms with van der Waals surface area (Å²) in [5.74, 6) is 1.34. The summed E-state index contributed by atoms with van der Waals surface area (Å²) in [7, 11) is 6.46. The molecule has 172 valence electrons. The number of nitrogens with one attached hydrogen (secondary N) is 1. The second-order valence-corrected chi connectivity index (χ2v) is 7.61. The van der Waals surface area contributed by atoms with Gasteiger partial charge in [0.05, 0.1) is 44.9 Å². The zero-order valence-corrected chi connectivity index (χ0v) is 19.0. The molecule has 0 bridgehead atoms. The van der Waals surface area contributed by atoms with E-state index in [2.05, 4.69) is 10.4 Å². The van der Waals surface area contributed by atoms with Gasteiger partial charge < -0.3 is 24.4 Å². The van der Waals surface area contributed by atoms with Crippen molar-refractivity contribution in [1.82, 2.24) is 15.1 Å². The summed E-state index contributed by atoms with van der Waals surface area (Å²) in [5.41, 5.74) is 2.45. The van der Waals surface area contributed by atoms with Gasteiger partial charge in [0, 0.05) is 24.7 Å². The van der Waals surface area contributed by atoms with Gasteiger partial charge in [0.15, 0.2) is 11.5 Å². The third kappa shape index (κ3) is 4.21. The predicted molar refractivity (Wildman–Crippen MR) is 122 cm³/mol. The Morgan fingerprint density at radius 3 is 2.33 bits per heavy atom. The van der Waals surface area contributed by atoms with Crippen LogP contribution in [0.4, 0.5) is 5.69 Å². The molecule has 9 heteroatoms. The number of aryl methyl sites for hydroxylation is 1. The van der Waals surface area contributed by atoms with Crippen LogP contribution in [0.3, 0.4) is 0 Å². The molecule has 1 aromatic heterocycles. The van der Waals surface area contributed by atoms with Crippen LogP contribution in [0.15, 0.2) is 48.7 Å². The van der Waals surface area contributed by atoms with Gasteiger partial charge in [-0.15, -0.1) is 0 Å². The van der Waals surface area contributed by atoms with E-state index in [9.17, 15) is 9.59 Å². The number of carbonyl (C=O) groups excluding carboxylic acids is 2. The molecule has 0 saturated heterocycles. The highest BCUT2D eigenvalue weighted by Crippen LogP contribution is 2.35. The summed E-state index contributed by atoms with van der Waals surface area (Å²) in [5, 5.41) is 7.42. The standard InChI is InChI=1S/C24H26N4O5/c1-27-22-18(26-23(29)15-5-8-17(31-2)9-6-15)11-12-28(19(22)14-25-27)24(30)16-7-10-20(32-3)21(13-16)33-4/h5-10,13-14,18H,11-12H2,1-4H3,(H,26,29). The topological polar surface area (TPSA) is 94.9 Å². The van der Waals surface area contributed by atoms with E-state index < -0.39 is 0 Å². The number of hydrogen-bond donors (Lipinski definition) is 1. The van der Waals surface area contributed by atoms with Crippen LogP contribution < -0.4 is 24.4 Å². The first-order chi connectivity index (χ1) is 16.0. The van der Waals surface area contributed by atoms with Crippen LogP contribution in [0.5, 0.6) is 17.2 Å². The minimum absolute atomic E-state index is 0.176. The molecule has 2 aromatic carbocycles. The molecule has 2 amide bonds.